The summed E-state index contributed by atoms with van der Waals surface area (Å²) >= 11 is 0. The van der Waals surface area contributed by atoms with Crippen LogP contribution in [0.2, 0.25) is 0 Å². The largest absolute Gasteiger partial charge is 0.480 e. The highest BCUT2D eigenvalue weighted by Crippen LogP contribution is 2.20. The van der Waals surface area contributed by atoms with Gasteiger partial charge in [0.2, 0.25) is 11.8 Å². The molecule has 1 aliphatic rings. The van der Waals surface area contributed by atoms with E-state index in [1.807, 2.05) is 30.3 Å². The van der Waals surface area contributed by atoms with Gasteiger partial charge in [0.05, 0.1) is 32.2 Å². The predicted octanol–water partition coefficient (Wildman–Crippen LogP) is -0.749. The summed E-state index contributed by atoms with van der Waals surface area (Å²) in [6, 6.07) is 6.20. The van der Waals surface area contributed by atoms with Gasteiger partial charge in [-0.25, -0.2) is 4.79 Å². The fourth-order valence-corrected chi connectivity index (χ4v) is 5.49. The first-order chi connectivity index (χ1) is 22.8. The van der Waals surface area contributed by atoms with E-state index in [0.29, 0.717) is 32.1 Å². The molecule has 17 heteroatoms. The van der Waals surface area contributed by atoms with Gasteiger partial charge in [-0.05, 0) is 50.5 Å². The molecule has 0 bridgehead atoms. The van der Waals surface area contributed by atoms with Crippen molar-refractivity contribution in [2.75, 3.05) is 52.4 Å². The van der Waals surface area contributed by atoms with Crippen molar-refractivity contribution in [1.82, 2.24) is 25.3 Å². The molecule has 0 saturated carbocycles. The third-order valence-electron chi connectivity index (χ3n) is 7.80. The van der Waals surface area contributed by atoms with Gasteiger partial charge in [-0.1, -0.05) is 30.3 Å². The lowest BCUT2D eigenvalue weighted by Gasteiger charge is -2.29. The Hall–Kier alpha value is -4.61. The third kappa shape index (κ3) is 14.9. The van der Waals surface area contributed by atoms with E-state index in [-0.39, 0.29) is 45.6 Å². The molecular formula is C31H45N5O12. The van der Waals surface area contributed by atoms with Crippen LogP contribution in [0.4, 0.5) is 0 Å². The van der Waals surface area contributed by atoms with Gasteiger partial charge < -0.3 is 35.7 Å². The summed E-state index contributed by atoms with van der Waals surface area (Å²) in [6.07, 6.45) is 2.33. The summed E-state index contributed by atoms with van der Waals surface area (Å²) in [5.41, 5.74) is 0.925. The molecule has 3 atom stereocenters. The number of unbranched alkanes of at least 4 members (excludes halogenated alkanes) is 1. The molecule has 0 aromatic heterocycles. The van der Waals surface area contributed by atoms with Crippen LogP contribution in [0.15, 0.2) is 30.3 Å². The molecule has 17 nitrogen and oxygen atoms in total. The number of hydrogen-bond acceptors (Lipinski definition) is 10. The normalized spacial score (nSPS) is 15.6. The van der Waals surface area contributed by atoms with Gasteiger partial charge in [-0.15, -0.1) is 0 Å². The van der Waals surface area contributed by atoms with Crippen molar-refractivity contribution in [3.8, 4) is 0 Å². The molecule has 1 heterocycles. The Bertz CT molecular complexity index is 1250. The standard InChI is InChI=1S/C31H45N5O12/c37-25(17-34(18-26(38)39)15-16-35(19-27(40)41)20-28(42)43)32-13-5-4-9-22(29(44)36-14-6-10-24(36)31(47)48)33-23(30(45)46)12-11-21-7-2-1-3-8-21/h1-3,7-8,22-24,33H,4-6,9-20H2,(H,32,37)(H,38,39)(H,40,41)(H,42,43)(H,45,46)(H,47,48)/t22-,23-,24-/m0/s1. The lowest BCUT2D eigenvalue weighted by molar-refractivity contribution is -0.149. The number of carbonyl (C=O) groups excluding carboxylic acids is 2. The fraction of sp³-hybridized carbons (Fsp3) is 0.581. The van der Waals surface area contributed by atoms with Crippen LogP contribution in [0.3, 0.4) is 0 Å². The second-order valence-corrected chi connectivity index (χ2v) is 11.6. The summed E-state index contributed by atoms with van der Waals surface area (Å²) in [7, 11) is 0. The first-order valence-electron chi connectivity index (χ1n) is 15.7. The summed E-state index contributed by atoms with van der Waals surface area (Å²) in [5, 5.41) is 52.3. The molecule has 1 aromatic rings. The van der Waals surface area contributed by atoms with Crippen LogP contribution in [0.5, 0.6) is 0 Å². The van der Waals surface area contributed by atoms with E-state index >= 15 is 0 Å². The lowest BCUT2D eigenvalue weighted by Crippen LogP contribution is -2.54. The smallest absolute Gasteiger partial charge is 0.326 e. The third-order valence-corrected chi connectivity index (χ3v) is 7.80. The molecule has 7 N–H and O–H groups in total. The van der Waals surface area contributed by atoms with Crippen LogP contribution >= 0.6 is 0 Å². The first kappa shape index (κ1) is 39.6. The zero-order chi connectivity index (χ0) is 35.6. The maximum atomic E-state index is 13.5. The zero-order valence-electron chi connectivity index (χ0n) is 26.7. The Balaban J connectivity index is 1.97. The highest BCUT2D eigenvalue weighted by Gasteiger charge is 2.38. The number of benzene rings is 1. The molecule has 0 aliphatic carbocycles. The molecule has 0 spiro atoms. The second-order valence-electron chi connectivity index (χ2n) is 11.6. The fourth-order valence-electron chi connectivity index (χ4n) is 5.49. The second kappa shape index (κ2) is 20.6. The summed E-state index contributed by atoms with van der Waals surface area (Å²) in [6.45, 7) is -1.86. The lowest BCUT2D eigenvalue weighted by atomic mass is 10.0. The number of carboxylic acid groups (broad SMARTS) is 5. The van der Waals surface area contributed by atoms with E-state index < -0.39 is 79.4 Å². The van der Waals surface area contributed by atoms with E-state index in [0.717, 1.165) is 10.5 Å². The Morgan fingerprint density at radius 1 is 0.771 bits per heavy atom. The van der Waals surface area contributed by atoms with Crippen molar-refractivity contribution in [3.63, 3.8) is 0 Å². The highest BCUT2D eigenvalue weighted by molar-refractivity contribution is 5.88. The van der Waals surface area contributed by atoms with Gasteiger partial charge in [0.1, 0.15) is 12.1 Å². The van der Waals surface area contributed by atoms with Gasteiger partial charge in [-0.3, -0.25) is 43.9 Å². The molecular weight excluding hydrogens is 634 g/mol. The molecule has 48 heavy (non-hydrogen) atoms. The number of carbonyl (C=O) groups is 7. The number of amides is 2. The molecule has 266 valence electrons. The molecule has 1 fully saturated rings. The molecule has 1 aromatic carbocycles. The van der Waals surface area contributed by atoms with Crippen molar-refractivity contribution in [1.29, 1.82) is 0 Å². The summed E-state index contributed by atoms with van der Waals surface area (Å²) in [5.74, 6) is -7.06. The van der Waals surface area contributed by atoms with Crippen molar-refractivity contribution < 1.29 is 59.1 Å². The molecule has 2 rings (SSSR count). The van der Waals surface area contributed by atoms with Crippen LogP contribution in [0, 0.1) is 0 Å². The Morgan fingerprint density at radius 3 is 1.90 bits per heavy atom. The molecule has 1 aliphatic heterocycles. The first-order valence-corrected chi connectivity index (χ1v) is 15.7. The van der Waals surface area contributed by atoms with Gasteiger partial charge in [-0.2, -0.15) is 0 Å². The van der Waals surface area contributed by atoms with Gasteiger partial charge in [0.15, 0.2) is 0 Å². The van der Waals surface area contributed by atoms with Gasteiger partial charge in [0.25, 0.3) is 0 Å². The summed E-state index contributed by atoms with van der Waals surface area (Å²) in [4.78, 5) is 87.0. The van der Waals surface area contributed by atoms with Crippen molar-refractivity contribution in [3.05, 3.63) is 35.9 Å². The van der Waals surface area contributed by atoms with E-state index in [9.17, 15) is 48.9 Å². The van der Waals surface area contributed by atoms with Crippen LogP contribution in [-0.2, 0) is 40.0 Å². The van der Waals surface area contributed by atoms with Crippen molar-refractivity contribution >= 4 is 41.7 Å². The minimum absolute atomic E-state index is 0.0847. The monoisotopic (exact) mass is 679 g/mol. The number of rotatable bonds is 24. The van der Waals surface area contributed by atoms with Crippen LogP contribution < -0.4 is 10.6 Å². The van der Waals surface area contributed by atoms with Gasteiger partial charge in [0, 0.05) is 26.2 Å². The summed E-state index contributed by atoms with van der Waals surface area (Å²) < 4.78 is 0. The predicted molar refractivity (Wildman–Crippen MR) is 168 cm³/mol. The van der Waals surface area contributed by atoms with Gasteiger partial charge >= 0.3 is 29.8 Å². The maximum absolute atomic E-state index is 13.5. The van der Waals surface area contributed by atoms with Crippen LogP contribution in [0.1, 0.15) is 44.1 Å². The van der Waals surface area contributed by atoms with E-state index in [2.05, 4.69) is 10.6 Å². The van der Waals surface area contributed by atoms with E-state index in [1.165, 1.54) is 9.80 Å². The maximum Gasteiger partial charge on any atom is 0.326 e. The number of likely N-dealkylation sites (tertiary alicyclic amines) is 1. The Labute approximate surface area is 277 Å². The minimum Gasteiger partial charge on any atom is -0.480 e. The Kier molecular flexibility index (Phi) is 17.0. The number of nitrogens with one attached hydrogen (secondary N) is 2. The molecule has 1 saturated heterocycles. The number of aryl methyl sites for hydroxylation is 1. The molecule has 0 unspecified atom stereocenters. The average Bonchev–Trinajstić information content (AvgIpc) is 3.50. The molecule has 2 amide bonds. The quantitative estimate of drug-likeness (QED) is 0.0664. The van der Waals surface area contributed by atoms with Crippen molar-refractivity contribution in [2.45, 2.75) is 63.1 Å². The number of aliphatic carboxylic acids is 5. The number of hydrogen-bond donors (Lipinski definition) is 7. The molecule has 0 radical (unpaired) electrons. The van der Waals surface area contributed by atoms with Crippen molar-refractivity contribution in [2.24, 2.45) is 0 Å². The Morgan fingerprint density at radius 2 is 1.35 bits per heavy atom. The minimum atomic E-state index is -1.26. The number of nitrogens with zero attached hydrogens (tertiary/aromatic N) is 3. The van der Waals surface area contributed by atoms with Crippen LogP contribution in [-0.4, -0.2) is 152 Å². The topological polar surface area (TPSA) is 254 Å². The number of carboxylic acids is 5. The average molecular weight is 680 g/mol. The SMILES string of the molecule is O=C(O)CN(CCN(CC(=O)O)CC(=O)NCCCC[C@H](N[C@@H](CCc1ccccc1)C(=O)O)C(=O)N1CCC[C@H]1C(=O)O)CC(=O)O. The van der Waals surface area contributed by atoms with Crippen LogP contribution in [0.25, 0.3) is 0 Å². The van der Waals surface area contributed by atoms with E-state index in [1.54, 1.807) is 0 Å². The highest BCUT2D eigenvalue weighted by atomic mass is 16.4. The van der Waals surface area contributed by atoms with E-state index in [4.69, 9.17) is 10.2 Å². The zero-order valence-corrected chi connectivity index (χ0v) is 26.7.